The first-order valence-corrected chi connectivity index (χ1v) is 6.11. The van der Waals surface area contributed by atoms with Gasteiger partial charge in [-0.15, -0.1) is 0 Å². The van der Waals surface area contributed by atoms with Gasteiger partial charge in [0.25, 0.3) is 0 Å². The van der Waals surface area contributed by atoms with Crippen molar-refractivity contribution in [3.63, 3.8) is 0 Å². The van der Waals surface area contributed by atoms with Crippen molar-refractivity contribution in [2.75, 3.05) is 0 Å². The maximum absolute atomic E-state index is 5.68. The molecule has 0 N–H and O–H groups in total. The Hall–Kier alpha value is -0.0600. The van der Waals surface area contributed by atoms with Crippen LogP contribution < -0.4 is 0 Å². The van der Waals surface area contributed by atoms with Crippen molar-refractivity contribution in [1.82, 2.24) is 15.0 Å². The summed E-state index contributed by atoms with van der Waals surface area (Å²) in [6.45, 7) is 0. The van der Waals surface area contributed by atoms with Crippen LogP contribution in [0.1, 0.15) is 25.7 Å². The molecular formula is C8H9Cl2N3S. The van der Waals surface area contributed by atoms with Crippen LogP contribution in [-0.2, 0) is 0 Å². The molecule has 0 amide bonds. The van der Waals surface area contributed by atoms with E-state index in [4.69, 9.17) is 23.2 Å². The Kier molecular flexibility index (Phi) is 3.47. The fraction of sp³-hybridized carbons (Fsp3) is 0.625. The molecule has 1 aliphatic rings. The molecule has 1 heterocycles. The van der Waals surface area contributed by atoms with E-state index in [-0.39, 0.29) is 10.6 Å². The van der Waals surface area contributed by atoms with Crippen molar-refractivity contribution in [3.8, 4) is 0 Å². The van der Waals surface area contributed by atoms with Crippen molar-refractivity contribution in [2.45, 2.75) is 36.1 Å². The Morgan fingerprint density at radius 2 is 1.57 bits per heavy atom. The molecule has 76 valence electrons. The molecule has 1 aromatic rings. The zero-order chi connectivity index (χ0) is 9.97. The SMILES string of the molecule is Clc1nc(Cl)nc(SC2CCCC2)n1. The molecule has 3 nitrogen and oxygen atoms in total. The van der Waals surface area contributed by atoms with Gasteiger partial charge in [-0.2, -0.15) is 15.0 Å². The third-order valence-corrected chi connectivity index (χ3v) is 3.67. The van der Waals surface area contributed by atoms with Gasteiger partial charge in [0.1, 0.15) is 0 Å². The van der Waals surface area contributed by atoms with E-state index < -0.39 is 0 Å². The van der Waals surface area contributed by atoms with Gasteiger partial charge in [-0.05, 0) is 36.0 Å². The summed E-state index contributed by atoms with van der Waals surface area (Å²) in [5, 5.41) is 1.60. The molecule has 6 heteroatoms. The van der Waals surface area contributed by atoms with E-state index in [1.807, 2.05) is 0 Å². The van der Waals surface area contributed by atoms with E-state index in [0.717, 1.165) is 0 Å². The summed E-state index contributed by atoms with van der Waals surface area (Å²) in [4.78, 5) is 11.7. The minimum Gasteiger partial charge on any atom is -0.192 e. The molecule has 0 bridgehead atoms. The van der Waals surface area contributed by atoms with Crippen molar-refractivity contribution in [3.05, 3.63) is 10.6 Å². The Bertz CT molecular complexity index is 308. The lowest BCUT2D eigenvalue weighted by Gasteiger charge is -2.06. The van der Waals surface area contributed by atoms with Crippen LogP contribution in [0.3, 0.4) is 0 Å². The second-order valence-electron chi connectivity index (χ2n) is 3.18. The molecule has 2 rings (SSSR count). The van der Waals surface area contributed by atoms with Crippen molar-refractivity contribution in [2.24, 2.45) is 0 Å². The van der Waals surface area contributed by atoms with Gasteiger partial charge < -0.3 is 0 Å². The third kappa shape index (κ3) is 2.72. The van der Waals surface area contributed by atoms with Gasteiger partial charge >= 0.3 is 0 Å². The Labute approximate surface area is 96.6 Å². The lowest BCUT2D eigenvalue weighted by molar-refractivity contribution is 0.865. The Morgan fingerprint density at radius 1 is 1.00 bits per heavy atom. The molecule has 0 atom stereocenters. The van der Waals surface area contributed by atoms with Crippen molar-refractivity contribution >= 4 is 35.0 Å². The maximum Gasteiger partial charge on any atom is 0.227 e. The summed E-state index contributed by atoms with van der Waals surface area (Å²) in [7, 11) is 0. The van der Waals surface area contributed by atoms with E-state index in [1.165, 1.54) is 25.7 Å². The predicted octanol–water partition coefficient (Wildman–Crippen LogP) is 3.21. The summed E-state index contributed by atoms with van der Waals surface area (Å²) >= 11 is 13.0. The van der Waals surface area contributed by atoms with Gasteiger partial charge in [0.15, 0.2) is 5.16 Å². The number of thioether (sulfide) groups is 1. The number of nitrogens with zero attached hydrogens (tertiary/aromatic N) is 3. The van der Waals surface area contributed by atoms with Gasteiger partial charge in [-0.25, -0.2) is 0 Å². The summed E-state index contributed by atoms with van der Waals surface area (Å²) in [6, 6.07) is 0. The zero-order valence-corrected chi connectivity index (χ0v) is 9.74. The van der Waals surface area contributed by atoms with Crippen LogP contribution in [-0.4, -0.2) is 20.2 Å². The molecule has 0 aliphatic heterocycles. The molecule has 0 unspecified atom stereocenters. The molecular weight excluding hydrogens is 241 g/mol. The zero-order valence-electron chi connectivity index (χ0n) is 7.41. The van der Waals surface area contributed by atoms with E-state index in [0.29, 0.717) is 10.4 Å². The quantitative estimate of drug-likeness (QED) is 0.807. The topological polar surface area (TPSA) is 38.7 Å². The normalized spacial score (nSPS) is 17.6. The van der Waals surface area contributed by atoms with E-state index in [2.05, 4.69) is 15.0 Å². The number of halogens is 2. The standard InChI is InChI=1S/C8H9Cl2N3S/c9-6-11-7(10)13-8(12-6)14-5-3-1-2-4-5/h5H,1-4H2. The first-order valence-electron chi connectivity index (χ1n) is 4.48. The molecule has 1 aliphatic carbocycles. The summed E-state index contributed by atoms with van der Waals surface area (Å²) in [5.41, 5.74) is 0. The highest BCUT2D eigenvalue weighted by atomic mass is 35.5. The van der Waals surface area contributed by atoms with Gasteiger partial charge in [0.05, 0.1) is 0 Å². The summed E-state index contributed by atoms with van der Waals surface area (Å²) < 4.78 is 0. The van der Waals surface area contributed by atoms with E-state index >= 15 is 0 Å². The highest BCUT2D eigenvalue weighted by Crippen LogP contribution is 2.33. The largest absolute Gasteiger partial charge is 0.227 e. The van der Waals surface area contributed by atoms with Crippen LogP contribution in [0, 0.1) is 0 Å². The monoisotopic (exact) mass is 249 g/mol. The fourth-order valence-corrected chi connectivity index (χ4v) is 3.13. The fourth-order valence-electron chi connectivity index (χ4n) is 1.52. The Balaban J connectivity index is 2.07. The molecule has 0 aromatic carbocycles. The average molecular weight is 250 g/mol. The summed E-state index contributed by atoms with van der Waals surface area (Å²) in [5.74, 6) is 0. The van der Waals surface area contributed by atoms with E-state index in [1.54, 1.807) is 11.8 Å². The highest BCUT2D eigenvalue weighted by molar-refractivity contribution is 7.99. The predicted molar refractivity (Wildman–Crippen MR) is 58.0 cm³/mol. The second kappa shape index (κ2) is 4.64. The molecule has 14 heavy (non-hydrogen) atoms. The first kappa shape index (κ1) is 10.5. The van der Waals surface area contributed by atoms with Crippen LogP contribution in [0.15, 0.2) is 5.16 Å². The minimum absolute atomic E-state index is 0.172. The van der Waals surface area contributed by atoms with Gasteiger partial charge in [0, 0.05) is 5.25 Å². The van der Waals surface area contributed by atoms with Crippen molar-refractivity contribution in [1.29, 1.82) is 0 Å². The van der Waals surface area contributed by atoms with Gasteiger partial charge in [-0.1, -0.05) is 24.6 Å². The molecule has 0 spiro atoms. The lowest BCUT2D eigenvalue weighted by atomic mass is 10.4. The first-order chi connectivity index (χ1) is 6.74. The second-order valence-corrected chi connectivity index (χ2v) is 5.12. The van der Waals surface area contributed by atoms with Crippen LogP contribution in [0.25, 0.3) is 0 Å². The van der Waals surface area contributed by atoms with Crippen LogP contribution >= 0.6 is 35.0 Å². The molecule has 0 saturated heterocycles. The summed E-state index contributed by atoms with van der Waals surface area (Å²) in [6.07, 6.45) is 5.05. The van der Waals surface area contributed by atoms with Crippen molar-refractivity contribution < 1.29 is 0 Å². The minimum atomic E-state index is 0.172. The molecule has 1 aromatic heterocycles. The smallest absolute Gasteiger partial charge is 0.192 e. The lowest BCUT2D eigenvalue weighted by Crippen LogP contribution is -1.98. The van der Waals surface area contributed by atoms with Gasteiger partial charge in [-0.3, -0.25) is 0 Å². The number of rotatable bonds is 2. The van der Waals surface area contributed by atoms with Crippen LogP contribution in [0.5, 0.6) is 0 Å². The third-order valence-electron chi connectivity index (χ3n) is 2.13. The number of hydrogen-bond donors (Lipinski definition) is 0. The molecule has 1 saturated carbocycles. The van der Waals surface area contributed by atoms with E-state index in [9.17, 15) is 0 Å². The molecule has 1 fully saturated rings. The molecule has 0 radical (unpaired) electrons. The highest BCUT2D eigenvalue weighted by Gasteiger charge is 2.18. The number of aromatic nitrogens is 3. The Morgan fingerprint density at radius 3 is 2.14 bits per heavy atom. The average Bonchev–Trinajstić information content (AvgIpc) is 2.54. The van der Waals surface area contributed by atoms with Gasteiger partial charge in [0.2, 0.25) is 10.6 Å². The van der Waals surface area contributed by atoms with Crippen LogP contribution in [0.2, 0.25) is 10.6 Å². The maximum atomic E-state index is 5.68. The number of hydrogen-bond acceptors (Lipinski definition) is 4. The van der Waals surface area contributed by atoms with Crippen LogP contribution in [0.4, 0.5) is 0 Å².